The Morgan fingerprint density at radius 2 is 1.74 bits per heavy atom. The van der Waals surface area contributed by atoms with E-state index in [-0.39, 0.29) is 12.0 Å². The zero-order chi connectivity index (χ0) is 19.1. The molecule has 4 heteroatoms. The first-order valence-electron chi connectivity index (χ1n) is 9.95. The summed E-state index contributed by atoms with van der Waals surface area (Å²) in [6.07, 6.45) is 4.09. The molecule has 1 saturated heterocycles. The van der Waals surface area contributed by atoms with Crippen molar-refractivity contribution in [3.8, 4) is 5.75 Å². The summed E-state index contributed by atoms with van der Waals surface area (Å²) in [5, 5.41) is 3.01. The van der Waals surface area contributed by atoms with Crippen LogP contribution in [-0.4, -0.2) is 30.0 Å². The third-order valence-electron chi connectivity index (χ3n) is 4.79. The third kappa shape index (κ3) is 6.10. The fraction of sp³-hybridized carbons (Fsp3) is 0.435. The van der Waals surface area contributed by atoms with E-state index >= 15 is 0 Å². The molecular formula is C23H30N2O2. The van der Waals surface area contributed by atoms with E-state index in [9.17, 15) is 4.79 Å². The molecule has 4 nitrogen and oxygen atoms in total. The Hall–Kier alpha value is -2.33. The van der Waals surface area contributed by atoms with Crippen molar-refractivity contribution in [1.29, 1.82) is 0 Å². The van der Waals surface area contributed by atoms with Gasteiger partial charge in [-0.15, -0.1) is 0 Å². The smallest absolute Gasteiger partial charge is 0.251 e. The molecule has 0 spiro atoms. The SMILES string of the molecule is CC(C)Oc1ccc(C(=O)NCc2cccc(CN3CCCCC3)c2)cc1. The largest absolute Gasteiger partial charge is 0.491 e. The molecule has 0 aliphatic carbocycles. The number of rotatable bonds is 7. The third-order valence-corrected chi connectivity index (χ3v) is 4.79. The van der Waals surface area contributed by atoms with Crippen molar-refractivity contribution >= 4 is 5.91 Å². The van der Waals surface area contributed by atoms with Gasteiger partial charge in [-0.25, -0.2) is 0 Å². The van der Waals surface area contributed by atoms with Gasteiger partial charge in [-0.2, -0.15) is 0 Å². The summed E-state index contributed by atoms with van der Waals surface area (Å²) in [5.41, 5.74) is 3.10. The predicted octanol–water partition coefficient (Wildman–Crippen LogP) is 4.39. The van der Waals surface area contributed by atoms with Gasteiger partial charge < -0.3 is 10.1 Å². The number of hydrogen-bond donors (Lipinski definition) is 1. The number of nitrogens with one attached hydrogen (secondary N) is 1. The van der Waals surface area contributed by atoms with E-state index in [1.807, 2.05) is 26.0 Å². The first kappa shape index (κ1) is 19.4. The molecule has 0 atom stereocenters. The van der Waals surface area contributed by atoms with Crippen LogP contribution in [0.1, 0.15) is 54.6 Å². The van der Waals surface area contributed by atoms with Gasteiger partial charge in [0.15, 0.2) is 0 Å². The lowest BCUT2D eigenvalue weighted by Crippen LogP contribution is -2.29. The molecular weight excluding hydrogens is 336 g/mol. The van der Waals surface area contributed by atoms with Crippen molar-refractivity contribution in [1.82, 2.24) is 10.2 Å². The summed E-state index contributed by atoms with van der Waals surface area (Å²) in [7, 11) is 0. The van der Waals surface area contributed by atoms with Gasteiger partial charge in [-0.05, 0) is 75.2 Å². The van der Waals surface area contributed by atoms with Crippen molar-refractivity contribution < 1.29 is 9.53 Å². The van der Waals surface area contributed by atoms with Gasteiger partial charge in [0.2, 0.25) is 0 Å². The van der Waals surface area contributed by atoms with Crippen LogP contribution >= 0.6 is 0 Å². The second-order valence-electron chi connectivity index (χ2n) is 7.53. The second kappa shape index (κ2) is 9.56. The minimum Gasteiger partial charge on any atom is -0.491 e. The van der Waals surface area contributed by atoms with Crippen molar-refractivity contribution in [2.75, 3.05) is 13.1 Å². The number of likely N-dealkylation sites (tertiary alicyclic amines) is 1. The van der Waals surface area contributed by atoms with Gasteiger partial charge >= 0.3 is 0 Å². The summed E-state index contributed by atoms with van der Waals surface area (Å²) in [5.74, 6) is 0.722. The Kier molecular flexibility index (Phi) is 6.88. The summed E-state index contributed by atoms with van der Waals surface area (Å²) in [6.45, 7) is 7.89. The number of amides is 1. The van der Waals surface area contributed by atoms with Crippen LogP contribution in [0.3, 0.4) is 0 Å². The lowest BCUT2D eigenvalue weighted by atomic mass is 10.1. The van der Waals surface area contributed by atoms with Crippen LogP contribution in [0, 0.1) is 0 Å². The highest BCUT2D eigenvalue weighted by Gasteiger charge is 2.11. The van der Waals surface area contributed by atoms with Gasteiger partial charge in [0.25, 0.3) is 5.91 Å². The van der Waals surface area contributed by atoms with E-state index in [2.05, 4.69) is 34.5 Å². The first-order chi connectivity index (χ1) is 13.1. The first-order valence-corrected chi connectivity index (χ1v) is 9.95. The Balaban J connectivity index is 1.53. The topological polar surface area (TPSA) is 41.6 Å². The molecule has 1 aliphatic rings. The molecule has 0 aromatic heterocycles. The van der Waals surface area contributed by atoms with E-state index in [1.165, 1.54) is 37.9 Å². The van der Waals surface area contributed by atoms with E-state index in [0.29, 0.717) is 12.1 Å². The fourth-order valence-electron chi connectivity index (χ4n) is 3.46. The maximum Gasteiger partial charge on any atom is 0.251 e. The normalized spacial score (nSPS) is 14.9. The number of nitrogens with zero attached hydrogens (tertiary/aromatic N) is 1. The highest BCUT2D eigenvalue weighted by Crippen LogP contribution is 2.15. The Bertz CT molecular complexity index is 734. The summed E-state index contributed by atoms with van der Waals surface area (Å²) >= 11 is 0. The van der Waals surface area contributed by atoms with Crippen LogP contribution in [0.4, 0.5) is 0 Å². The molecule has 0 radical (unpaired) electrons. The monoisotopic (exact) mass is 366 g/mol. The standard InChI is InChI=1S/C23H30N2O2/c1-18(2)27-22-11-9-21(10-12-22)23(26)24-16-19-7-6-8-20(15-19)17-25-13-4-3-5-14-25/h6-12,15,18H,3-5,13-14,16-17H2,1-2H3,(H,24,26). The summed E-state index contributed by atoms with van der Waals surface area (Å²) < 4.78 is 5.62. The van der Waals surface area contributed by atoms with Gasteiger partial charge in [0, 0.05) is 18.7 Å². The molecule has 1 aliphatic heterocycles. The number of benzene rings is 2. The van der Waals surface area contributed by atoms with Crippen molar-refractivity contribution in [3.63, 3.8) is 0 Å². The quantitative estimate of drug-likeness (QED) is 0.790. The number of hydrogen-bond acceptors (Lipinski definition) is 3. The van der Waals surface area contributed by atoms with Crippen molar-refractivity contribution in [3.05, 3.63) is 65.2 Å². The van der Waals surface area contributed by atoms with Crippen LogP contribution in [-0.2, 0) is 13.1 Å². The molecule has 0 saturated carbocycles. The highest BCUT2D eigenvalue weighted by molar-refractivity contribution is 5.94. The predicted molar refractivity (Wildman–Crippen MR) is 109 cm³/mol. The number of piperidine rings is 1. The van der Waals surface area contributed by atoms with Gasteiger partial charge in [0.05, 0.1) is 6.10 Å². The van der Waals surface area contributed by atoms with E-state index < -0.39 is 0 Å². The van der Waals surface area contributed by atoms with Gasteiger partial charge in [-0.3, -0.25) is 9.69 Å². The maximum absolute atomic E-state index is 12.4. The minimum absolute atomic E-state index is 0.0625. The summed E-state index contributed by atoms with van der Waals surface area (Å²) in [6, 6.07) is 15.8. The molecule has 3 rings (SSSR count). The molecule has 1 heterocycles. The maximum atomic E-state index is 12.4. The lowest BCUT2D eigenvalue weighted by Gasteiger charge is -2.26. The molecule has 2 aromatic rings. The highest BCUT2D eigenvalue weighted by atomic mass is 16.5. The average molecular weight is 367 g/mol. The van der Waals surface area contributed by atoms with Crippen LogP contribution in [0.25, 0.3) is 0 Å². The second-order valence-corrected chi connectivity index (χ2v) is 7.53. The van der Waals surface area contributed by atoms with Crippen molar-refractivity contribution in [2.45, 2.75) is 52.3 Å². The van der Waals surface area contributed by atoms with Crippen LogP contribution in [0.5, 0.6) is 5.75 Å². The lowest BCUT2D eigenvalue weighted by molar-refractivity contribution is 0.0951. The molecule has 2 aromatic carbocycles. The van der Waals surface area contributed by atoms with Gasteiger partial charge in [0.1, 0.15) is 5.75 Å². The van der Waals surface area contributed by atoms with Crippen LogP contribution < -0.4 is 10.1 Å². The molecule has 0 bridgehead atoms. The van der Waals surface area contributed by atoms with E-state index in [1.54, 1.807) is 12.1 Å². The van der Waals surface area contributed by atoms with Crippen LogP contribution in [0.15, 0.2) is 48.5 Å². The van der Waals surface area contributed by atoms with Gasteiger partial charge in [-0.1, -0.05) is 30.7 Å². The summed E-state index contributed by atoms with van der Waals surface area (Å²) in [4.78, 5) is 14.9. The zero-order valence-electron chi connectivity index (χ0n) is 16.4. The van der Waals surface area contributed by atoms with Crippen LogP contribution in [0.2, 0.25) is 0 Å². The zero-order valence-corrected chi connectivity index (χ0v) is 16.4. The number of carbonyl (C=O) groups excluding carboxylic acids is 1. The number of ether oxygens (including phenoxy) is 1. The number of carbonyl (C=O) groups is 1. The van der Waals surface area contributed by atoms with Crippen molar-refractivity contribution in [2.24, 2.45) is 0 Å². The minimum atomic E-state index is -0.0625. The fourth-order valence-corrected chi connectivity index (χ4v) is 3.46. The van der Waals surface area contributed by atoms with E-state index in [4.69, 9.17) is 4.74 Å². The molecule has 144 valence electrons. The Labute approximate surface area is 162 Å². The average Bonchev–Trinajstić information content (AvgIpc) is 2.67. The molecule has 27 heavy (non-hydrogen) atoms. The molecule has 1 fully saturated rings. The Morgan fingerprint density at radius 1 is 1.04 bits per heavy atom. The molecule has 1 amide bonds. The molecule has 1 N–H and O–H groups in total. The molecule has 0 unspecified atom stereocenters. The van der Waals surface area contributed by atoms with E-state index in [0.717, 1.165) is 17.9 Å². The Morgan fingerprint density at radius 3 is 2.44 bits per heavy atom.